The lowest BCUT2D eigenvalue weighted by Crippen LogP contribution is -2.29. The Kier molecular flexibility index (Phi) is 4.23. The molecule has 3 N–H and O–H groups in total. The first kappa shape index (κ1) is 14.6. The molecule has 21 heavy (non-hydrogen) atoms. The number of benzene rings is 2. The molecular weight excluding hydrogens is 268 g/mol. The number of hydrogen-bond donors (Lipinski definition) is 3. The Morgan fingerprint density at radius 1 is 0.905 bits per heavy atom. The normalized spacial score (nSPS) is 10.0. The van der Waals surface area contributed by atoms with Gasteiger partial charge in [-0.15, -0.1) is 0 Å². The summed E-state index contributed by atoms with van der Waals surface area (Å²) in [6, 6.07) is 11.9. The van der Waals surface area contributed by atoms with Crippen molar-refractivity contribution in [3.05, 3.63) is 53.6 Å². The number of para-hydroxylation sites is 1. The highest BCUT2D eigenvalue weighted by molar-refractivity contribution is 6.43. The summed E-state index contributed by atoms with van der Waals surface area (Å²) in [4.78, 5) is 23.7. The van der Waals surface area contributed by atoms with Crippen molar-refractivity contribution in [1.29, 1.82) is 0 Å². The molecular formula is C16H16N2O3. The van der Waals surface area contributed by atoms with Crippen LogP contribution in [0.4, 0.5) is 11.4 Å². The minimum absolute atomic E-state index is 0.0855. The molecule has 2 aromatic carbocycles. The predicted octanol–water partition coefficient (Wildman–Crippen LogP) is 2.59. The van der Waals surface area contributed by atoms with Crippen molar-refractivity contribution < 1.29 is 14.7 Å². The van der Waals surface area contributed by atoms with Crippen molar-refractivity contribution in [3.63, 3.8) is 0 Å². The Labute approximate surface area is 122 Å². The summed E-state index contributed by atoms with van der Waals surface area (Å²) >= 11 is 0. The summed E-state index contributed by atoms with van der Waals surface area (Å²) in [5.41, 5.74) is 2.51. The Morgan fingerprint density at radius 3 is 2.19 bits per heavy atom. The number of aryl methyl sites for hydroxylation is 2. The zero-order valence-corrected chi connectivity index (χ0v) is 11.8. The lowest BCUT2D eigenvalue weighted by atomic mass is 10.2. The molecule has 0 spiro atoms. The van der Waals surface area contributed by atoms with Crippen LogP contribution in [0, 0.1) is 13.8 Å². The molecule has 2 amide bonds. The topological polar surface area (TPSA) is 78.4 Å². The summed E-state index contributed by atoms with van der Waals surface area (Å²) < 4.78 is 0. The quantitative estimate of drug-likeness (QED) is 0.586. The van der Waals surface area contributed by atoms with E-state index in [-0.39, 0.29) is 11.4 Å². The van der Waals surface area contributed by atoms with Crippen LogP contribution in [0.2, 0.25) is 0 Å². The summed E-state index contributed by atoms with van der Waals surface area (Å²) in [5.74, 6) is -1.71. The van der Waals surface area contributed by atoms with Crippen LogP contribution in [-0.2, 0) is 9.59 Å². The summed E-state index contributed by atoms with van der Waals surface area (Å²) in [5, 5.41) is 14.6. The lowest BCUT2D eigenvalue weighted by molar-refractivity contribution is -0.133. The van der Waals surface area contributed by atoms with Gasteiger partial charge in [-0.05, 0) is 43.2 Å². The van der Waals surface area contributed by atoms with Crippen LogP contribution < -0.4 is 10.6 Å². The van der Waals surface area contributed by atoms with E-state index >= 15 is 0 Å². The van der Waals surface area contributed by atoms with Gasteiger partial charge >= 0.3 is 11.8 Å². The molecule has 0 bridgehead atoms. The van der Waals surface area contributed by atoms with E-state index < -0.39 is 11.8 Å². The summed E-state index contributed by atoms with van der Waals surface area (Å²) in [6.45, 7) is 3.66. The number of carbonyl (C=O) groups excluding carboxylic acids is 2. The molecule has 0 aliphatic rings. The molecule has 0 atom stereocenters. The first-order valence-corrected chi connectivity index (χ1v) is 6.45. The van der Waals surface area contributed by atoms with Gasteiger partial charge in [0.15, 0.2) is 0 Å². The number of phenols is 1. The van der Waals surface area contributed by atoms with E-state index in [0.29, 0.717) is 5.69 Å². The highest BCUT2D eigenvalue weighted by Crippen LogP contribution is 2.23. The fraction of sp³-hybridized carbons (Fsp3) is 0.125. The van der Waals surface area contributed by atoms with Gasteiger partial charge in [-0.2, -0.15) is 0 Å². The molecule has 0 fully saturated rings. The average molecular weight is 284 g/mol. The van der Waals surface area contributed by atoms with E-state index in [0.717, 1.165) is 11.1 Å². The minimum Gasteiger partial charge on any atom is -0.506 e. The fourth-order valence-corrected chi connectivity index (χ4v) is 1.82. The smallest absolute Gasteiger partial charge is 0.314 e. The maximum atomic E-state index is 11.9. The molecule has 2 rings (SSSR count). The second-order valence-electron chi connectivity index (χ2n) is 4.74. The van der Waals surface area contributed by atoms with Gasteiger partial charge in [0.2, 0.25) is 0 Å². The Bertz CT molecular complexity index is 696. The second kappa shape index (κ2) is 6.09. The van der Waals surface area contributed by atoms with Crippen LogP contribution in [0.25, 0.3) is 0 Å². The van der Waals surface area contributed by atoms with Crippen molar-refractivity contribution in [3.8, 4) is 5.75 Å². The highest BCUT2D eigenvalue weighted by Gasteiger charge is 2.16. The Hall–Kier alpha value is -2.82. The highest BCUT2D eigenvalue weighted by atomic mass is 16.3. The van der Waals surface area contributed by atoms with Crippen LogP contribution in [0.5, 0.6) is 5.75 Å². The molecule has 108 valence electrons. The first-order valence-electron chi connectivity index (χ1n) is 6.45. The van der Waals surface area contributed by atoms with Crippen molar-refractivity contribution in [2.75, 3.05) is 10.6 Å². The minimum atomic E-state index is -0.834. The molecule has 5 heteroatoms. The van der Waals surface area contributed by atoms with Crippen LogP contribution in [-0.4, -0.2) is 16.9 Å². The first-order chi connectivity index (χ1) is 9.97. The van der Waals surface area contributed by atoms with Gasteiger partial charge in [0, 0.05) is 5.69 Å². The predicted molar refractivity (Wildman–Crippen MR) is 81.3 cm³/mol. The number of nitrogens with one attached hydrogen (secondary N) is 2. The van der Waals surface area contributed by atoms with Gasteiger partial charge in [0.1, 0.15) is 5.75 Å². The van der Waals surface area contributed by atoms with Crippen LogP contribution in [0.1, 0.15) is 11.1 Å². The SMILES string of the molecule is Cc1ccc(O)c(NC(=O)C(=O)Nc2ccccc2C)c1. The lowest BCUT2D eigenvalue weighted by Gasteiger charge is -2.10. The van der Waals surface area contributed by atoms with Crippen molar-refractivity contribution in [1.82, 2.24) is 0 Å². The molecule has 5 nitrogen and oxygen atoms in total. The molecule has 0 heterocycles. The molecule has 0 aliphatic carbocycles. The van der Waals surface area contributed by atoms with Gasteiger partial charge in [-0.1, -0.05) is 24.3 Å². The van der Waals surface area contributed by atoms with Crippen molar-refractivity contribution >= 4 is 23.2 Å². The molecule has 0 saturated carbocycles. The van der Waals surface area contributed by atoms with Gasteiger partial charge in [-0.3, -0.25) is 9.59 Å². The number of phenolic OH excluding ortho intramolecular Hbond substituents is 1. The number of hydrogen-bond acceptors (Lipinski definition) is 3. The van der Waals surface area contributed by atoms with E-state index in [1.807, 2.05) is 26.0 Å². The van der Waals surface area contributed by atoms with E-state index in [4.69, 9.17) is 0 Å². The van der Waals surface area contributed by atoms with E-state index in [1.54, 1.807) is 24.3 Å². The van der Waals surface area contributed by atoms with Crippen molar-refractivity contribution in [2.45, 2.75) is 13.8 Å². The number of rotatable bonds is 2. The molecule has 0 aliphatic heterocycles. The monoisotopic (exact) mass is 284 g/mol. The number of anilines is 2. The second-order valence-corrected chi connectivity index (χ2v) is 4.74. The van der Waals surface area contributed by atoms with E-state index in [1.165, 1.54) is 6.07 Å². The number of carbonyl (C=O) groups is 2. The van der Waals surface area contributed by atoms with Crippen LogP contribution in [0.3, 0.4) is 0 Å². The standard InChI is InChI=1S/C16H16N2O3/c1-10-7-8-14(19)13(9-10)18-16(21)15(20)17-12-6-4-3-5-11(12)2/h3-9,19H,1-2H3,(H,17,20)(H,18,21). The maximum absolute atomic E-state index is 11.9. The zero-order chi connectivity index (χ0) is 15.4. The van der Waals surface area contributed by atoms with Gasteiger partial charge in [0.05, 0.1) is 5.69 Å². The zero-order valence-electron chi connectivity index (χ0n) is 11.8. The van der Waals surface area contributed by atoms with Gasteiger partial charge < -0.3 is 15.7 Å². The maximum Gasteiger partial charge on any atom is 0.314 e. The molecule has 0 saturated heterocycles. The average Bonchev–Trinajstić information content (AvgIpc) is 2.45. The molecule has 0 radical (unpaired) electrons. The Balaban J connectivity index is 2.08. The Morgan fingerprint density at radius 2 is 1.52 bits per heavy atom. The van der Waals surface area contributed by atoms with E-state index in [2.05, 4.69) is 10.6 Å². The van der Waals surface area contributed by atoms with Crippen molar-refractivity contribution in [2.24, 2.45) is 0 Å². The third-order valence-electron chi connectivity index (χ3n) is 3.00. The van der Waals surface area contributed by atoms with Crippen LogP contribution >= 0.6 is 0 Å². The fourth-order valence-electron chi connectivity index (χ4n) is 1.82. The summed E-state index contributed by atoms with van der Waals surface area (Å²) in [7, 11) is 0. The van der Waals surface area contributed by atoms with Crippen LogP contribution in [0.15, 0.2) is 42.5 Å². The van der Waals surface area contributed by atoms with E-state index in [9.17, 15) is 14.7 Å². The third-order valence-corrected chi connectivity index (χ3v) is 3.00. The third kappa shape index (κ3) is 3.60. The van der Waals surface area contributed by atoms with Gasteiger partial charge in [-0.25, -0.2) is 0 Å². The largest absolute Gasteiger partial charge is 0.506 e. The molecule has 2 aromatic rings. The molecule has 0 aromatic heterocycles. The van der Waals surface area contributed by atoms with Gasteiger partial charge in [0.25, 0.3) is 0 Å². The summed E-state index contributed by atoms with van der Waals surface area (Å²) in [6.07, 6.45) is 0. The number of aromatic hydroxyl groups is 1. The molecule has 0 unspecified atom stereocenters. The number of amides is 2.